The molecule has 2 aromatic carbocycles. The number of halogens is 1. The minimum atomic E-state index is -0.213. The Kier molecular flexibility index (Phi) is 6.11. The molecule has 0 radical (unpaired) electrons. The third kappa shape index (κ3) is 4.10. The van der Waals surface area contributed by atoms with Crippen LogP contribution in [-0.2, 0) is 0 Å². The van der Waals surface area contributed by atoms with Crippen LogP contribution in [0.25, 0.3) is 0 Å². The smallest absolute Gasteiger partial charge is 0.321 e. The third-order valence-corrected chi connectivity index (χ3v) is 8.22. The summed E-state index contributed by atoms with van der Waals surface area (Å²) >= 11 is 5.32. The number of carbonyl (C=O) groups excluding carboxylic acids is 2. The molecule has 1 spiro atoms. The molecule has 3 amide bonds. The molecule has 0 atom stereocenters. The fourth-order valence-electron chi connectivity index (χ4n) is 4.23. The number of carbonyl (C=O) groups is 2. The Morgan fingerprint density at radius 1 is 1.07 bits per heavy atom. The van der Waals surface area contributed by atoms with Crippen molar-refractivity contribution in [3.05, 3.63) is 63.6 Å². The zero-order valence-electron chi connectivity index (χ0n) is 17.3. The van der Waals surface area contributed by atoms with E-state index in [1.54, 1.807) is 0 Å². The van der Waals surface area contributed by atoms with E-state index in [2.05, 4.69) is 21.2 Å². The highest BCUT2D eigenvalue weighted by Gasteiger charge is 2.47. The Morgan fingerprint density at radius 3 is 2.53 bits per heavy atom. The summed E-state index contributed by atoms with van der Waals surface area (Å²) in [6, 6.07) is 13.5. The summed E-state index contributed by atoms with van der Waals surface area (Å²) < 4.78 is 0.909. The van der Waals surface area contributed by atoms with Crippen molar-refractivity contribution in [2.45, 2.75) is 31.6 Å². The number of hydrogen-bond donors (Lipinski definition) is 1. The Morgan fingerprint density at radius 2 is 1.80 bits per heavy atom. The van der Waals surface area contributed by atoms with E-state index < -0.39 is 0 Å². The number of rotatable bonds is 2. The van der Waals surface area contributed by atoms with Gasteiger partial charge in [-0.3, -0.25) is 4.79 Å². The van der Waals surface area contributed by atoms with Crippen molar-refractivity contribution in [2.24, 2.45) is 0 Å². The average molecular weight is 488 g/mol. The summed E-state index contributed by atoms with van der Waals surface area (Å²) in [5, 5.41) is 3.06. The number of urea groups is 1. The van der Waals surface area contributed by atoms with Gasteiger partial charge in [-0.1, -0.05) is 34.1 Å². The van der Waals surface area contributed by atoms with Gasteiger partial charge >= 0.3 is 6.03 Å². The van der Waals surface area contributed by atoms with Gasteiger partial charge in [-0.2, -0.15) is 0 Å². The zero-order chi connectivity index (χ0) is 21.3. The van der Waals surface area contributed by atoms with Crippen LogP contribution in [0.5, 0.6) is 0 Å². The Balaban J connectivity index is 1.43. The lowest BCUT2D eigenvalue weighted by atomic mass is 10.0. The number of hydrogen-bond acceptors (Lipinski definition) is 3. The number of aryl methyl sites for hydroxylation is 1. The maximum Gasteiger partial charge on any atom is 0.321 e. The highest BCUT2D eigenvalue weighted by Crippen LogP contribution is 2.44. The first kappa shape index (κ1) is 21.2. The highest BCUT2D eigenvalue weighted by atomic mass is 79.9. The first-order valence-electron chi connectivity index (χ1n) is 10.2. The van der Waals surface area contributed by atoms with E-state index in [9.17, 15) is 9.59 Å². The average Bonchev–Trinajstić information content (AvgIpc) is 3.14. The molecule has 2 aliphatic heterocycles. The second kappa shape index (κ2) is 8.63. The van der Waals surface area contributed by atoms with Crippen molar-refractivity contribution < 1.29 is 9.59 Å². The van der Waals surface area contributed by atoms with Crippen LogP contribution in [0, 0.1) is 13.8 Å². The van der Waals surface area contributed by atoms with Crippen molar-refractivity contribution in [2.75, 3.05) is 30.7 Å². The Hall–Kier alpha value is -1.99. The number of thioether (sulfide) groups is 1. The van der Waals surface area contributed by atoms with Crippen LogP contribution >= 0.6 is 27.7 Å². The number of anilines is 1. The fourth-order valence-corrected chi connectivity index (χ4v) is 6.08. The summed E-state index contributed by atoms with van der Waals surface area (Å²) in [4.78, 5) is 29.7. The molecule has 2 aliphatic rings. The molecule has 2 heterocycles. The monoisotopic (exact) mass is 487 g/mol. The maximum atomic E-state index is 13.2. The molecule has 2 aromatic rings. The molecule has 2 saturated heterocycles. The second-order valence-corrected chi connectivity index (χ2v) is 10.3. The molecular weight excluding hydrogens is 462 g/mol. The minimum absolute atomic E-state index is 0.0635. The first-order chi connectivity index (χ1) is 14.4. The largest absolute Gasteiger partial charge is 0.324 e. The number of amides is 3. The maximum absolute atomic E-state index is 13.2. The standard InChI is InChI=1S/C23H26BrN3O2S/c1-16-5-3-8-20(17(16)2)25-22(29)26-11-9-23(10-12-26)27(13-14-30-23)21(28)18-6-4-7-19(24)15-18/h3-8,15H,9-14H2,1-2H3,(H,25,29). The Labute approximate surface area is 190 Å². The molecule has 0 unspecified atom stereocenters. The highest BCUT2D eigenvalue weighted by molar-refractivity contribution is 9.10. The molecule has 4 rings (SSSR count). The van der Waals surface area contributed by atoms with Crippen molar-refractivity contribution in [1.29, 1.82) is 0 Å². The molecule has 0 aliphatic carbocycles. The van der Waals surface area contributed by atoms with Gasteiger partial charge in [-0.15, -0.1) is 11.8 Å². The van der Waals surface area contributed by atoms with Crippen molar-refractivity contribution in [3.63, 3.8) is 0 Å². The molecule has 158 valence electrons. The van der Waals surface area contributed by atoms with Gasteiger partial charge < -0.3 is 15.1 Å². The van der Waals surface area contributed by atoms with E-state index >= 15 is 0 Å². The summed E-state index contributed by atoms with van der Waals surface area (Å²) in [7, 11) is 0. The zero-order valence-corrected chi connectivity index (χ0v) is 19.7. The molecule has 2 fully saturated rings. The quantitative estimate of drug-likeness (QED) is 0.626. The molecule has 30 heavy (non-hydrogen) atoms. The van der Waals surface area contributed by atoms with E-state index in [1.807, 2.05) is 77.9 Å². The number of likely N-dealkylation sites (tertiary alicyclic amines) is 1. The van der Waals surface area contributed by atoms with Crippen LogP contribution in [-0.4, -0.2) is 52.0 Å². The SMILES string of the molecule is Cc1cccc(NC(=O)N2CCC3(CC2)SCCN3C(=O)c2cccc(Br)c2)c1C. The number of nitrogens with zero attached hydrogens (tertiary/aromatic N) is 2. The number of piperidine rings is 1. The lowest BCUT2D eigenvalue weighted by Gasteiger charge is -2.44. The fraction of sp³-hybridized carbons (Fsp3) is 0.391. The topological polar surface area (TPSA) is 52.7 Å². The molecular formula is C23H26BrN3O2S. The van der Waals surface area contributed by atoms with E-state index in [4.69, 9.17) is 0 Å². The van der Waals surface area contributed by atoms with Gasteiger partial charge in [0.15, 0.2) is 0 Å². The van der Waals surface area contributed by atoms with Crippen LogP contribution in [0.15, 0.2) is 46.9 Å². The van der Waals surface area contributed by atoms with Crippen LogP contribution in [0.4, 0.5) is 10.5 Å². The van der Waals surface area contributed by atoms with Gasteiger partial charge in [-0.25, -0.2) is 4.79 Å². The predicted octanol–water partition coefficient (Wildman–Crippen LogP) is 5.28. The van der Waals surface area contributed by atoms with Gasteiger partial charge in [0, 0.05) is 41.1 Å². The Bertz CT molecular complexity index is 973. The van der Waals surface area contributed by atoms with E-state index in [0.717, 1.165) is 46.4 Å². The lowest BCUT2D eigenvalue weighted by Crippen LogP contribution is -2.54. The molecule has 1 N–H and O–H groups in total. The summed E-state index contributed by atoms with van der Waals surface area (Å²) in [6.45, 7) is 6.11. The minimum Gasteiger partial charge on any atom is -0.324 e. The molecule has 0 bridgehead atoms. The number of nitrogens with one attached hydrogen (secondary N) is 1. The van der Waals surface area contributed by atoms with Crippen LogP contribution < -0.4 is 5.32 Å². The van der Waals surface area contributed by atoms with E-state index in [0.29, 0.717) is 18.7 Å². The van der Waals surface area contributed by atoms with Crippen molar-refractivity contribution >= 4 is 45.3 Å². The van der Waals surface area contributed by atoms with Crippen molar-refractivity contribution in [1.82, 2.24) is 9.80 Å². The van der Waals surface area contributed by atoms with E-state index in [-0.39, 0.29) is 16.8 Å². The normalized spacial score (nSPS) is 18.0. The second-order valence-electron chi connectivity index (χ2n) is 7.93. The van der Waals surface area contributed by atoms with Crippen molar-refractivity contribution in [3.8, 4) is 0 Å². The van der Waals surface area contributed by atoms with Gasteiger partial charge in [0.2, 0.25) is 0 Å². The summed E-state index contributed by atoms with van der Waals surface area (Å²) in [5.74, 6) is 1.02. The first-order valence-corrected chi connectivity index (χ1v) is 12.0. The summed E-state index contributed by atoms with van der Waals surface area (Å²) in [5.41, 5.74) is 3.83. The lowest BCUT2D eigenvalue weighted by molar-refractivity contribution is 0.0585. The van der Waals surface area contributed by atoms with Crippen LogP contribution in [0.1, 0.15) is 34.3 Å². The summed E-state index contributed by atoms with van der Waals surface area (Å²) in [6.07, 6.45) is 1.58. The van der Waals surface area contributed by atoms with Gasteiger partial charge in [-0.05, 0) is 62.1 Å². The van der Waals surface area contributed by atoms with Gasteiger partial charge in [0.1, 0.15) is 0 Å². The van der Waals surface area contributed by atoms with Gasteiger partial charge in [0.25, 0.3) is 5.91 Å². The molecule has 5 nitrogen and oxygen atoms in total. The van der Waals surface area contributed by atoms with Crippen LogP contribution in [0.3, 0.4) is 0 Å². The third-order valence-electron chi connectivity index (χ3n) is 6.17. The molecule has 0 saturated carbocycles. The van der Waals surface area contributed by atoms with Crippen LogP contribution in [0.2, 0.25) is 0 Å². The molecule has 0 aromatic heterocycles. The predicted molar refractivity (Wildman–Crippen MR) is 126 cm³/mol. The number of benzene rings is 2. The molecule has 7 heteroatoms. The van der Waals surface area contributed by atoms with Gasteiger partial charge in [0.05, 0.1) is 4.87 Å². The van der Waals surface area contributed by atoms with E-state index in [1.165, 1.54) is 0 Å².